The number of nitrogens with one attached hydrogen (secondary N) is 2. The summed E-state index contributed by atoms with van der Waals surface area (Å²) >= 11 is 0. The second-order valence-corrected chi connectivity index (χ2v) is 9.59. The Bertz CT molecular complexity index is 977. The van der Waals surface area contributed by atoms with Crippen LogP contribution in [-0.2, 0) is 19.4 Å². The van der Waals surface area contributed by atoms with Crippen LogP contribution in [0.4, 0.5) is 0 Å². The molecule has 1 fully saturated rings. The van der Waals surface area contributed by atoms with Crippen LogP contribution in [0.2, 0.25) is 0 Å². The lowest BCUT2D eigenvalue weighted by atomic mass is 10.1. The molecule has 1 atom stereocenters. The second kappa shape index (κ2) is 8.82. The third-order valence-corrected chi connectivity index (χ3v) is 7.45. The van der Waals surface area contributed by atoms with E-state index < -0.39 is 26.9 Å². The van der Waals surface area contributed by atoms with Gasteiger partial charge in [-0.05, 0) is 62.1 Å². The SMILES string of the molecule is Cc1ccc(S(=O)(=O)[C@@H](CNC(=O)C(=O)NC2CCCC2)c2ccco2)cc1C. The maximum absolute atomic E-state index is 13.2. The van der Waals surface area contributed by atoms with Gasteiger partial charge in [0.15, 0.2) is 9.84 Å². The summed E-state index contributed by atoms with van der Waals surface area (Å²) in [7, 11) is -3.85. The topological polar surface area (TPSA) is 105 Å². The Morgan fingerprint density at radius 3 is 2.45 bits per heavy atom. The van der Waals surface area contributed by atoms with Gasteiger partial charge >= 0.3 is 11.8 Å². The smallest absolute Gasteiger partial charge is 0.309 e. The molecule has 0 radical (unpaired) electrons. The number of hydrogen-bond acceptors (Lipinski definition) is 5. The molecule has 0 spiro atoms. The van der Waals surface area contributed by atoms with Crippen LogP contribution in [0.3, 0.4) is 0 Å². The van der Waals surface area contributed by atoms with Crippen LogP contribution < -0.4 is 10.6 Å². The van der Waals surface area contributed by atoms with E-state index in [1.54, 1.807) is 30.3 Å². The molecule has 0 aliphatic heterocycles. The molecule has 29 heavy (non-hydrogen) atoms. The molecule has 3 rings (SSSR count). The van der Waals surface area contributed by atoms with E-state index >= 15 is 0 Å². The zero-order chi connectivity index (χ0) is 21.0. The van der Waals surface area contributed by atoms with E-state index in [2.05, 4.69) is 10.6 Å². The number of rotatable bonds is 6. The molecule has 1 aromatic heterocycles. The van der Waals surface area contributed by atoms with E-state index in [1.165, 1.54) is 6.26 Å². The molecule has 2 aromatic rings. The van der Waals surface area contributed by atoms with E-state index in [-0.39, 0.29) is 23.2 Å². The van der Waals surface area contributed by atoms with Gasteiger partial charge in [0.05, 0.1) is 11.2 Å². The number of sulfone groups is 1. The maximum atomic E-state index is 13.2. The minimum atomic E-state index is -3.85. The molecular formula is C21H26N2O5S. The number of aryl methyl sites for hydroxylation is 2. The monoisotopic (exact) mass is 418 g/mol. The van der Waals surface area contributed by atoms with Crippen LogP contribution in [0.25, 0.3) is 0 Å². The first kappa shape index (κ1) is 21.1. The quantitative estimate of drug-likeness (QED) is 0.702. The van der Waals surface area contributed by atoms with E-state index in [0.717, 1.165) is 36.8 Å². The number of amides is 2. The summed E-state index contributed by atoms with van der Waals surface area (Å²) in [5, 5.41) is 4.02. The van der Waals surface area contributed by atoms with Gasteiger partial charge in [-0.25, -0.2) is 8.42 Å². The van der Waals surface area contributed by atoms with Crippen molar-refractivity contribution in [3.63, 3.8) is 0 Å². The van der Waals surface area contributed by atoms with Crippen LogP contribution >= 0.6 is 0 Å². The number of carbonyl (C=O) groups is 2. The van der Waals surface area contributed by atoms with Crippen molar-refractivity contribution < 1.29 is 22.4 Å². The van der Waals surface area contributed by atoms with Crippen molar-refractivity contribution in [1.29, 1.82) is 0 Å². The third kappa shape index (κ3) is 4.87. The van der Waals surface area contributed by atoms with Gasteiger partial charge in [0, 0.05) is 12.6 Å². The molecule has 8 heteroatoms. The number of furan rings is 1. The highest BCUT2D eigenvalue weighted by molar-refractivity contribution is 7.91. The van der Waals surface area contributed by atoms with Crippen LogP contribution in [0, 0.1) is 13.8 Å². The van der Waals surface area contributed by atoms with Crippen molar-refractivity contribution in [2.75, 3.05) is 6.54 Å². The van der Waals surface area contributed by atoms with Gasteiger partial charge in [-0.1, -0.05) is 18.9 Å². The Kier molecular flexibility index (Phi) is 6.42. The minimum absolute atomic E-state index is 0.00777. The van der Waals surface area contributed by atoms with Crippen molar-refractivity contribution in [1.82, 2.24) is 10.6 Å². The van der Waals surface area contributed by atoms with Gasteiger partial charge in [0.1, 0.15) is 11.0 Å². The Morgan fingerprint density at radius 2 is 1.83 bits per heavy atom. The Balaban J connectivity index is 1.76. The van der Waals surface area contributed by atoms with Crippen LogP contribution in [-0.4, -0.2) is 32.8 Å². The zero-order valence-corrected chi connectivity index (χ0v) is 17.4. The molecule has 2 N–H and O–H groups in total. The van der Waals surface area contributed by atoms with Crippen molar-refractivity contribution in [3.8, 4) is 0 Å². The highest BCUT2D eigenvalue weighted by Crippen LogP contribution is 2.30. The van der Waals surface area contributed by atoms with E-state index in [9.17, 15) is 18.0 Å². The molecule has 1 aliphatic carbocycles. The molecule has 2 amide bonds. The van der Waals surface area contributed by atoms with Gasteiger partial charge in [-0.15, -0.1) is 0 Å². The molecular weight excluding hydrogens is 392 g/mol. The van der Waals surface area contributed by atoms with Crippen LogP contribution in [0.1, 0.15) is 47.8 Å². The molecule has 7 nitrogen and oxygen atoms in total. The van der Waals surface area contributed by atoms with E-state index in [1.807, 2.05) is 13.8 Å². The Morgan fingerprint density at radius 1 is 1.10 bits per heavy atom. The molecule has 1 saturated carbocycles. The predicted octanol–water partition coefficient (Wildman–Crippen LogP) is 2.59. The van der Waals surface area contributed by atoms with Crippen molar-refractivity contribution >= 4 is 21.7 Å². The lowest BCUT2D eigenvalue weighted by molar-refractivity contribution is -0.139. The van der Waals surface area contributed by atoms with Crippen LogP contribution in [0.5, 0.6) is 0 Å². The van der Waals surface area contributed by atoms with Gasteiger partial charge in [-0.3, -0.25) is 9.59 Å². The van der Waals surface area contributed by atoms with Crippen molar-refractivity contribution in [2.24, 2.45) is 0 Å². The van der Waals surface area contributed by atoms with Gasteiger partial charge in [0.25, 0.3) is 0 Å². The second-order valence-electron chi connectivity index (χ2n) is 7.46. The molecule has 1 aliphatic rings. The van der Waals surface area contributed by atoms with Crippen molar-refractivity contribution in [2.45, 2.75) is 55.7 Å². The van der Waals surface area contributed by atoms with Crippen molar-refractivity contribution in [3.05, 3.63) is 53.5 Å². The average Bonchev–Trinajstić information content (AvgIpc) is 3.38. The molecule has 0 saturated heterocycles. The summed E-state index contributed by atoms with van der Waals surface area (Å²) in [6.45, 7) is 3.48. The third-order valence-electron chi connectivity index (χ3n) is 5.39. The van der Waals surface area contributed by atoms with Crippen LogP contribution in [0.15, 0.2) is 45.9 Å². The highest BCUT2D eigenvalue weighted by Gasteiger charge is 2.33. The first-order valence-electron chi connectivity index (χ1n) is 9.72. The van der Waals surface area contributed by atoms with E-state index in [4.69, 9.17) is 4.42 Å². The van der Waals surface area contributed by atoms with Gasteiger partial charge < -0.3 is 15.1 Å². The Labute approximate surface area is 170 Å². The fraction of sp³-hybridized carbons (Fsp3) is 0.429. The largest absolute Gasteiger partial charge is 0.468 e. The van der Waals surface area contributed by atoms with E-state index in [0.29, 0.717) is 0 Å². The average molecular weight is 419 g/mol. The molecule has 0 unspecified atom stereocenters. The zero-order valence-electron chi connectivity index (χ0n) is 16.6. The standard InChI is InChI=1S/C21H26N2O5S/c1-14-9-10-17(12-15(14)2)29(26,27)19(18-8-5-11-28-18)13-22-20(24)21(25)23-16-6-3-4-7-16/h5,8-12,16,19H,3-4,6-7,13H2,1-2H3,(H,22,24)(H,23,25)/t19-/m0/s1. The molecule has 1 heterocycles. The maximum Gasteiger partial charge on any atom is 0.309 e. The van der Waals surface area contributed by atoms with Gasteiger partial charge in [0.2, 0.25) is 0 Å². The number of carbonyl (C=O) groups excluding carboxylic acids is 2. The summed E-state index contributed by atoms with van der Waals surface area (Å²) in [6.07, 6.45) is 5.15. The molecule has 156 valence electrons. The molecule has 1 aromatic carbocycles. The number of benzene rings is 1. The highest BCUT2D eigenvalue weighted by atomic mass is 32.2. The molecule has 0 bridgehead atoms. The fourth-order valence-electron chi connectivity index (χ4n) is 3.48. The first-order valence-corrected chi connectivity index (χ1v) is 11.3. The summed E-state index contributed by atoms with van der Waals surface area (Å²) in [5.41, 5.74) is 1.83. The summed E-state index contributed by atoms with van der Waals surface area (Å²) in [4.78, 5) is 24.5. The fourth-order valence-corrected chi connectivity index (χ4v) is 5.15. The summed E-state index contributed by atoms with van der Waals surface area (Å²) in [6, 6.07) is 8.04. The lowest BCUT2D eigenvalue weighted by Crippen LogP contribution is -2.45. The van der Waals surface area contributed by atoms with Gasteiger partial charge in [-0.2, -0.15) is 0 Å². The first-order chi connectivity index (χ1) is 13.8. The summed E-state index contributed by atoms with van der Waals surface area (Å²) < 4.78 is 31.8. The number of hydrogen-bond donors (Lipinski definition) is 2. The minimum Gasteiger partial charge on any atom is -0.468 e. The normalized spacial score (nSPS) is 15.8. The summed E-state index contributed by atoms with van der Waals surface area (Å²) in [5.74, 6) is -1.37. The lowest BCUT2D eigenvalue weighted by Gasteiger charge is -2.18. The predicted molar refractivity (Wildman–Crippen MR) is 108 cm³/mol. The Hall–Kier alpha value is -2.61.